The second-order valence-electron chi connectivity index (χ2n) is 4.10. The van der Waals surface area contributed by atoms with Gasteiger partial charge in [0.1, 0.15) is 6.61 Å². The van der Waals surface area contributed by atoms with Crippen LogP contribution < -0.4 is 5.32 Å². The predicted octanol–water partition coefficient (Wildman–Crippen LogP) is 0.396. The minimum Gasteiger partial charge on any atom is -0.481 e. The van der Waals surface area contributed by atoms with Crippen molar-refractivity contribution in [2.24, 2.45) is 5.92 Å². The summed E-state index contributed by atoms with van der Waals surface area (Å²) in [5.41, 5.74) is 0. The third-order valence-electron chi connectivity index (χ3n) is 2.86. The number of hydrogen-bond acceptors (Lipinski definition) is 3. The zero-order valence-corrected chi connectivity index (χ0v) is 9.65. The van der Waals surface area contributed by atoms with Gasteiger partial charge < -0.3 is 15.2 Å². The van der Waals surface area contributed by atoms with Crippen molar-refractivity contribution in [3.05, 3.63) is 0 Å². The Morgan fingerprint density at radius 2 is 2.00 bits per heavy atom. The summed E-state index contributed by atoms with van der Waals surface area (Å²) in [7, 11) is 0. The predicted molar refractivity (Wildman–Crippen MR) is 61.2 cm³/mol. The zero-order chi connectivity index (χ0) is 12.7. The molecule has 0 heterocycles. The van der Waals surface area contributed by atoms with Crippen molar-refractivity contribution in [3.8, 4) is 12.3 Å². The molecule has 17 heavy (non-hydrogen) atoms. The summed E-state index contributed by atoms with van der Waals surface area (Å²) in [6.45, 7) is 0.192. The molecule has 0 unspecified atom stereocenters. The molecule has 0 radical (unpaired) electrons. The smallest absolute Gasteiger partial charge is 0.306 e. The standard InChI is InChI=1S/C12H17NO4/c1-2-7-13-11(14)8-17-10-5-3-9(4-6-10)12(15)16/h1,9-10H,3-8H2,(H,13,14)(H,15,16). The van der Waals surface area contributed by atoms with Gasteiger partial charge in [-0.3, -0.25) is 9.59 Å². The first-order chi connectivity index (χ1) is 8.13. The third-order valence-corrected chi connectivity index (χ3v) is 2.86. The van der Waals surface area contributed by atoms with Crippen molar-refractivity contribution in [3.63, 3.8) is 0 Å². The Bertz CT molecular complexity index is 313. The summed E-state index contributed by atoms with van der Waals surface area (Å²) < 4.78 is 5.40. The van der Waals surface area contributed by atoms with Gasteiger partial charge in [0.05, 0.1) is 18.6 Å². The fraction of sp³-hybridized carbons (Fsp3) is 0.667. The number of amides is 1. The molecule has 1 fully saturated rings. The molecular weight excluding hydrogens is 222 g/mol. The number of ether oxygens (including phenoxy) is 1. The van der Waals surface area contributed by atoms with Crippen molar-refractivity contribution in [2.45, 2.75) is 31.8 Å². The van der Waals surface area contributed by atoms with Gasteiger partial charge in [-0.1, -0.05) is 5.92 Å². The van der Waals surface area contributed by atoms with Gasteiger partial charge in [-0.05, 0) is 25.7 Å². The molecule has 1 rings (SSSR count). The number of hydrogen-bond donors (Lipinski definition) is 2. The summed E-state index contributed by atoms with van der Waals surface area (Å²) >= 11 is 0. The van der Waals surface area contributed by atoms with E-state index >= 15 is 0 Å². The summed E-state index contributed by atoms with van der Waals surface area (Å²) in [5, 5.41) is 11.3. The molecule has 0 bridgehead atoms. The molecule has 0 aromatic heterocycles. The van der Waals surface area contributed by atoms with E-state index in [9.17, 15) is 9.59 Å². The van der Waals surface area contributed by atoms with Gasteiger partial charge in [0.2, 0.25) is 5.91 Å². The molecule has 2 N–H and O–H groups in total. The number of carboxylic acids is 1. The molecule has 5 heteroatoms. The van der Waals surface area contributed by atoms with Crippen LogP contribution in [0.5, 0.6) is 0 Å². The summed E-state index contributed by atoms with van der Waals surface area (Å²) in [4.78, 5) is 21.9. The van der Waals surface area contributed by atoms with E-state index in [2.05, 4.69) is 11.2 Å². The van der Waals surface area contributed by atoms with Crippen LogP contribution in [0.4, 0.5) is 0 Å². The van der Waals surface area contributed by atoms with Crippen LogP contribution in [0.25, 0.3) is 0 Å². The fourth-order valence-corrected chi connectivity index (χ4v) is 1.87. The van der Waals surface area contributed by atoms with Gasteiger partial charge in [-0.25, -0.2) is 0 Å². The lowest BCUT2D eigenvalue weighted by Crippen LogP contribution is -2.32. The molecule has 0 saturated heterocycles. The molecule has 1 aliphatic carbocycles. The number of carbonyl (C=O) groups excluding carboxylic acids is 1. The second kappa shape index (κ2) is 6.92. The maximum Gasteiger partial charge on any atom is 0.306 e. The van der Waals surface area contributed by atoms with Crippen LogP contribution in [0.15, 0.2) is 0 Å². The van der Waals surface area contributed by atoms with E-state index in [-0.39, 0.29) is 31.1 Å². The number of carbonyl (C=O) groups is 2. The van der Waals surface area contributed by atoms with Crippen LogP contribution in [-0.2, 0) is 14.3 Å². The van der Waals surface area contributed by atoms with Crippen LogP contribution in [-0.4, -0.2) is 36.2 Å². The van der Waals surface area contributed by atoms with Crippen molar-refractivity contribution in [1.82, 2.24) is 5.32 Å². The quantitative estimate of drug-likeness (QED) is 0.681. The first-order valence-corrected chi connectivity index (χ1v) is 5.68. The highest BCUT2D eigenvalue weighted by molar-refractivity contribution is 5.77. The number of terminal acetylenes is 1. The monoisotopic (exact) mass is 239 g/mol. The Labute approximate surface area is 101 Å². The Morgan fingerprint density at radius 1 is 1.35 bits per heavy atom. The zero-order valence-electron chi connectivity index (χ0n) is 9.65. The lowest BCUT2D eigenvalue weighted by atomic mass is 9.87. The molecule has 1 aliphatic rings. The average molecular weight is 239 g/mol. The Hall–Kier alpha value is -1.54. The molecule has 5 nitrogen and oxygen atoms in total. The van der Waals surface area contributed by atoms with Crippen molar-refractivity contribution < 1.29 is 19.4 Å². The average Bonchev–Trinajstić information content (AvgIpc) is 2.34. The summed E-state index contributed by atoms with van der Waals surface area (Å²) in [6.07, 6.45) is 7.61. The molecule has 0 atom stereocenters. The Morgan fingerprint density at radius 3 is 2.53 bits per heavy atom. The van der Waals surface area contributed by atoms with Gasteiger partial charge in [-0.2, -0.15) is 0 Å². The molecular formula is C12H17NO4. The van der Waals surface area contributed by atoms with Crippen molar-refractivity contribution in [1.29, 1.82) is 0 Å². The third kappa shape index (κ3) is 4.87. The van der Waals surface area contributed by atoms with Gasteiger partial charge in [-0.15, -0.1) is 6.42 Å². The van der Waals surface area contributed by atoms with Crippen LogP contribution in [0.2, 0.25) is 0 Å². The normalized spacial score (nSPS) is 23.7. The minimum atomic E-state index is -0.741. The molecule has 94 valence electrons. The maximum atomic E-state index is 11.2. The van der Waals surface area contributed by atoms with E-state index < -0.39 is 5.97 Å². The van der Waals surface area contributed by atoms with Gasteiger partial charge in [0.25, 0.3) is 0 Å². The van der Waals surface area contributed by atoms with Gasteiger partial charge in [0.15, 0.2) is 0 Å². The van der Waals surface area contributed by atoms with Crippen LogP contribution in [0, 0.1) is 18.3 Å². The first-order valence-electron chi connectivity index (χ1n) is 5.68. The topological polar surface area (TPSA) is 75.6 Å². The highest BCUT2D eigenvalue weighted by Crippen LogP contribution is 2.26. The number of aliphatic carboxylic acids is 1. The molecule has 0 spiro atoms. The number of carboxylic acid groups (broad SMARTS) is 1. The summed E-state index contributed by atoms with van der Waals surface area (Å²) in [5.74, 6) is 1.07. The SMILES string of the molecule is C#CCNC(=O)COC1CCC(C(=O)O)CC1. The number of nitrogens with one attached hydrogen (secondary N) is 1. The molecule has 0 aromatic carbocycles. The number of rotatable bonds is 5. The van der Waals surface area contributed by atoms with E-state index in [1.807, 2.05) is 0 Å². The van der Waals surface area contributed by atoms with E-state index in [1.165, 1.54) is 0 Å². The lowest BCUT2D eigenvalue weighted by Gasteiger charge is -2.25. The van der Waals surface area contributed by atoms with Crippen LogP contribution in [0.3, 0.4) is 0 Å². The fourth-order valence-electron chi connectivity index (χ4n) is 1.87. The van der Waals surface area contributed by atoms with E-state index in [0.717, 1.165) is 0 Å². The lowest BCUT2D eigenvalue weighted by molar-refractivity contribution is -0.144. The van der Waals surface area contributed by atoms with Crippen molar-refractivity contribution in [2.75, 3.05) is 13.2 Å². The highest BCUT2D eigenvalue weighted by atomic mass is 16.5. The van der Waals surface area contributed by atoms with Gasteiger partial charge in [0, 0.05) is 0 Å². The van der Waals surface area contributed by atoms with Crippen LogP contribution >= 0.6 is 0 Å². The highest BCUT2D eigenvalue weighted by Gasteiger charge is 2.26. The van der Waals surface area contributed by atoms with E-state index in [4.69, 9.17) is 16.3 Å². The summed E-state index contributed by atoms with van der Waals surface area (Å²) in [6, 6.07) is 0. The molecule has 1 saturated carbocycles. The Balaban J connectivity index is 2.16. The Kier molecular flexibility index (Phi) is 5.50. The van der Waals surface area contributed by atoms with Gasteiger partial charge >= 0.3 is 5.97 Å². The van der Waals surface area contributed by atoms with Crippen LogP contribution in [0.1, 0.15) is 25.7 Å². The first kappa shape index (κ1) is 13.5. The second-order valence-corrected chi connectivity index (χ2v) is 4.10. The molecule has 0 aliphatic heterocycles. The van der Waals surface area contributed by atoms with E-state index in [1.54, 1.807) is 0 Å². The molecule has 0 aromatic rings. The largest absolute Gasteiger partial charge is 0.481 e. The van der Waals surface area contributed by atoms with E-state index in [0.29, 0.717) is 25.7 Å². The van der Waals surface area contributed by atoms with Crippen molar-refractivity contribution >= 4 is 11.9 Å². The maximum absolute atomic E-state index is 11.2. The minimum absolute atomic E-state index is 0.00984. The molecule has 1 amide bonds.